The Labute approximate surface area is 130 Å². The van der Waals surface area contributed by atoms with Crippen molar-refractivity contribution in [2.45, 2.75) is 6.42 Å². The van der Waals surface area contributed by atoms with Gasteiger partial charge in [-0.1, -0.05) is 0 Å². The molecule has 6 nitrogen and oxygen atoms in total. The Bertz CT molecular complexity index is 404. The second-order valence-corrected chi connectivity index (χ2v) is 3.79. The largest absolute Gasteiger partial charge is 0.468 e. The molecule has 0 bridgehead atoms. The first-order valence-electron chi connectivity index (χ1n) is 5.61. The quantitative estimate of drug-likeness (QED) is 0.736. The summed E-state index contributed by atoms with van der Waals surface area (Å²) >= 11 is 0. The molecule has 0 fully saturated rings. The van der Waals surface area contributed by atoms with Crippen LogP contribution in [-0.4, -0.2) is 37.1 Å². The molecule has 0 saturated heterocycles. The van der Waals surface area contributed by atoms with Crippen molar-refractivity contribution in [3.8, 4) is 0 Å². The summed E-state index contributed by atoms with van der Waals surface area (Å²) in [4.78, 5) is 26.6. The van der Waals surface area contributed by atoms with E-state index >= 15 is 0 Å². The lowest BCUT2D eigenvalue weighted by molar-refractivity contribution is -0.141. The molecular weight excluding hydrogens is 305 g/mol. The highest BCUT2D eigenvalue weighted by Crippen LogP contribution is 2.06. The second kappa shape index (κ2) is 11.5. The van der Waals surface area contributed by atoms with Gasteiger partial charge in [-0.25, -0.2) is 0 Å². The molecule has 0 aliphatic rings. The lowest BCUT2D eigenvalue weighted by Crippen LogP contribution is -2.39. The fourth-order valence-corrected chi connectivity index (χ4v) is 1.46. The first-order chi connectivity index (χ1) is 8.67. The minimum Gasteiger partial charge on any atom is -0.468 e. The van der Waals surface area contributed by atoms with Gasteiger partial charge in [0.2, 0.25) is 5.91 Å². The maximum atomic E-state index is 11.8. The smallest absolute Gasteiger partial charge is 0.325 e. The topological polar surface area (TPSA) is 94.3 Å². The number of amides is 1. The molecule has 1 unspecified atom stereocenters. The number of aromatic nitrogens is 1. The van der Waals surface area contributed by atoms with Gasteiger partial charge < -0.3 is 15.8 Å². The maximum Gasteiger partial charge on any atom is 0.325 e. The van der Waals surface area contributed by atoms with Crippen molar-refractivity contribution in [1.82, 2.24) is 10.3 Å². The van der Waals surface area contributed by atoms with E-state index in [1.54, 1.807) is 12.4 Å². The Kier molecular flexibility index (Phi) is 12.0. The average Bonchev–Trinajstić information content (AvgIpc) is 2.42. The predicted octanol–water partition coefficient (Wildman–Crippen LogP) is 0.332. The summed E-state index contributed by atoms with van der Waals surface area (Å²) in [5.74, 6) is -1.10. The fourth-order valence-electron chi connectivity index (χ4n) is 1.46. The van der Waals surface area contributed by atoms with Gasteiger partial charge in [0.1, 0.15) is 6.54 Å². The molecule has 0 radical (unpaired) electrons. The molecule has 20 heavy (non-hydrogen) atoms. The van der Waals surface area contributed by atoms with Crippen LogP contribution in [0.4, 0.5) is 0 Å². The fraction of sp³-hybridized carbons (Fsp3) is 0.417. The van der Waals surface area contributed by atoms with Crippen molar-refractivity contribution in [3.05, 3.63) is 30.1 Å². The Hall–Kier alpha value is -1.37. The number of methoxy groups -OCH3 is 1. The molecule has 8 heteroatoms. The molecule has 1 rings (SSSR count). The van der Waals surface area contributed by atoms with Crippen LogP contribution in [0.2, 0.25) is 0 Å². The Balaban J connectivity index is 0. The van der Waals surface area contributed by atoms with Crippen LogP contribution >= 0.6 is 24.8 Å². The van der Waals surface area contributed by atoms with Gasteiger partial charge in [-0.3, -0.25) is 14.6 Å². The van der Waals surface area contributed by atoms with Gasteiger partial charge in [-0.15, -0.1) is 24.8 Å². The van der Waals surface area contributed by atoms with Crippen LogP contribution in [0.1, 0.15) is 5.56 Å². The van der Waals surface area contributed by atoms with Gasteiger partial charge in [0.15, 0.2) is 0 Å². The highest BCUT2D eigenvalue weighted by Gasteiger charge is 2.17. The number of pyridine rings is 1. The van der Waals surface area contributed by atoms with E-state index in [9.17, 15) is 9.59 Å². The zero-order chi connectivity index (χ0) is 13.4. The van der Waals surface area contributed by atoms with Crippen molar-refractivity contribution in [3.63, 3.8) is 0 Å². The summed E-state index contributed by atoms with van der Waals surface area (Å²) in [7, 11) is 1.27. The summed E-state index contributed by atoms with van der Waals surface area (Å²) in [6.45, 7) is 0.0809. The van der Waals surface area contributed by atoms with E-state index in [0.29, 0.717) is 6.42 Å². The second-order valence-electron chi connectivity index (χ2n) is 3.79. The maximum absolute atomic E-state index is 11.8. The van der Waals surface area contributed by atoms with E-state index in [1.165, 1.54) is 7.11 Å². The molecule has 3 N–H and O–H groups in total. The van der Waals surface area contributed by atoms with Crippen LogP contribution in [0.3, 0.4) is 0 Å². The van der Waals surface area contributed by atoms with Crippen molar-refractivity contribution in [2.24, 2.45) is 11.7 Å². The van der Waals surface area contributed by atoms with Crippen LogP contribution in [-0.2, 0) is 20.7 Å². The first-order valence-corrected chi connectivity index (χ1v) is 5.61. The zero-order valence-corrected chi connectivity index (χ0v) is 12.7. The van der Waals surface area contributed by atoms with Crippen molar-refractivity contribution in [2.75, 3.05) is 20.2 Å². The van der Waals surface area contributed by atoms with Crippen LogP contribution in [0.25, 0.3) is 0 Å². The van der Waals surface area contributed by atoms with Gasteiger partial charge in [0.05, 0.1) is 13.0 Å². The molecule has 0 spiro atoms. The molecule has 1 aromatic rings. The molecular formula is C12H19Cl2N3O3. The number of nitrogens with one attached hydrogen (secondary N) is 1. The summed E-state index contributed by atoms with van der Waals surface area (Å²) < 4.78 is 4.44. The Morgan fingerprint density at radius 2 is 1.95 bits per heavy atom. The van der Waals surface area contributed by atoms with E-state index in [4.69, 9.17) is 5.73 Å². The summed E-state index contributed by atoms with van der Waals surface area (Å²) in [6.07, 6.45) is 3.84. The third kappa shape index (κ3) is 7.28. The number of rotatable bonds is 6. The van der Waals surface area contributed by atoms with Gasteiger partial charge >= 0.3 is 5.97 Å². The Morgan fingerprint density at radius 1 is 1.35 bits per heavy atom. The minimum atomic E-state index is -0.483. The van der Waals surface area contributed by atoms with Gasteiger partial charge in [-0.2, -0.15) is 0 Å². The molecule has 1 amide bonds. The van der Waals surface area contributed by atoms with Crippen LogP contribution in [0.5, 0.6) is 0 Å². The molecule has 0 aliphatic carbocycles. The van der Waals surface area contributed by atoms with Crippen molar-refractivity contribution < 1.29 is 14.3 Å². The van der Waals surface area contributed by atoms with Crippen molar-refractivity contribution >= 4 is 36.7 Å². The molecule has 0 aliphatic heterocycles. The van der Waals surface area contributed by atoms with Gasteiger partial charge in [-0.05, 0) is 24.1 Å². The minimum absolute atomic E-state index is 0. The zero-order valence-electron chi connectivity index (χ0n) is 11.1. The number of carbonyl (C=O) groups excluding carboxylic acids is 2. The summed E-state index contributed by atoms with van der Waals surface area (Å²) in [5, 5.41) is 2.50. The highest BCUT2D eigenvalue weighted by molar-refractivity contribution is 5.85. The van der Waals surface area contributed by atoms with Crippen LogP contribution in [0, 0.1) is 5.92 Å². The van der Waals surface area contributed by atoms with E-state index in [0.717, 1.165) is 5.56 Å². The molecule has 1 aromatic heterocycles. The standard InChI is InChI=1S/C12H17N3O3.2ClH/c1-18-11(16)8-15-12(17)10(7-13)6-9-2-4-14-5-3-9;;/h2-5,10H,6-8,13H2,1H3,(H,15,17);2*1H. The number of nitrogens with two attached hydrogens (primary N) is 1. The van der Waals surface area contributed by atoms with E-state index in [1.807, 2.05) is 12.1 Å². The van der Waals surface area contributed by atoms with Crippen LogP contribution < -0.4 is 11.1 Å². The summed E-state index contributed by atoms with van der Waals surface area (Å²) in [5.41, 5.74) is 6.55. The van der Waals surface area contributed by atoms with E-state index in [-0.39, 0.29) is 49.7 Å². The molecule has 114 valence electrons. The highest BCUT2D eigenvalue weighted by atomic mass is 35.5. The van der Waals surface area contributed by atoms with E-state index in [2.05, 4.69) is 15.0 Å². The normalized spacial score (nSPS) is 10.5. The number of halogens is 2. The lowest BCUT2D eigenvalue weighted by Gasteiger charge is -2.14. The molecule has 1 heterocycles. The van der Waals surface area contributed by atoms with Gasteiger partial charge in [0, 0.05) is 18.9 Å². The van der Waals surface area contributed by atoms with Crippen molar-refractivity contribution in [1.29, 1.82) is 0 Å². The van der Waals surface area contributed by atoms with Crippen LogP contribution in [0.15, 0.2) is 24.5 Å². The lowest BCUT2D eigenvalue weighted by atomic mass is 9.99. The molecule has 0 aromatic carbocycles. The monoisotopic (exact) mass is 323 g/mol. The number of hydrogen-bond donors (Lipinski definition) is 2. The number of nitrogens with zero attached hydrogens (tertiary/aromatic N) is 1. The number of ether oxygens (including phenoxy) is 1. The molecule has 0 saturated carbocycles. The first kappa shape index (κ1) is 20.9. The third-order valence-electron chi connectivity index (χ3n) is 2.52. The molecule has 1 atom stereocenters. The number of hydrogen-bond acceptors (Lipinski definition) is 5. The van der Waals surface area contributed by atoms with E-state index < -0.39 is 5.97 Å². The average molecular weight is 324 g/mol. The van der Waals surface area contributed by atoms with Gasteiger partial charge in [0.25, 0.3) is 0 Å². The Morgan fingerprint density at radius 3 is 2.45 bits per heavy atom. The predicted molar refractivity (Wildman–Crippen MR) is 80.0 cm³/mol. The summed E-state index contributed by atoms with van der Waals surface area (Å²) in [6, 6.07) is 3.66. The third-order valence-corrected chi connectivity index (χ3v) is 2.52. The number of carbonyl (C=O) groups is 2. The number of esters is 1. The SMILES string of the molecule is COC(=O)CNC(=O)C(CN)Cc1ccncc1.Cl.Cl.